The highest BCUT2D eigenvalue weighted by Gasteiger charge is 2.08. The van der Waals surface area contributed by atoms with Crippen LogP contribution in [0.1, 0.15) is 5.69 Å². The molecule has 0 unspecified atom stereocenters. The first-order valence-electron chi connectivity index (χ1n) is 5.74. The number of nitrogens with zero attached hydrogens (tertiary/aromatic N) is 2. The van der Waals surface area contributed by atoms with Gasteiger partial charge in [0.1, 0.15) is 11.5 Å². The normalized spacial score (nSPS) is 10.4. The zero-order chi connectivity index (χ0) is 13.0. The third-order valence-electron chi connectivity index (χ3n) is 2.70. The molecular weight excluding hydrogens is 230 g/mol. The van der Waals surface area contributed by atoms with Crippen LogP contribution in [0.3, 0.4) is 0 Å². The Kier molecular flexibility index (Phi) is 3.84. The number of aromatic nitrogens is 2. The Morgan fingerprint density at radius 1 is 1.28 bits per heavy atom. The molecule has 18 heavy (non-hydrogen) atoms. The van der Waals surface area contributed by atoms with E-state index in [1.165, 1.54) is 0 Å². The lowest BCUT2D eigenvalue weighted by atomic mass is 10.2. The van der Waals surface area contributed by atoms with Crippen molar-refractivity contribution in [2.24, 2.45) is 5.73 Å². The van der Waals surface area contributed by atoms with E-state index in [1.807, 2.05) is 29.0 Å². The van der Waals surface area contributed by atoms with Crippen molar-refractivity contribution >= 4 is 0 Å². The van der Waals surface area contributed by atoms with E-state index in [0.717, 1.165) is 29.3 Å². The average molecular weight is 247 g/mol. The Labute approximate surface area is 106 Å². The lowest BCUT2D eigenvalue weighted by molar-refractivity contribution is 0.393. The summed E-state index contributed by atoms with van der Waals surface area (Å²) in [5.74, 6) is 1.50. The molecule has 0 aliphatic carbocycles. The second kappa shape index (κ2) is 5.55. The van der Waals surface area contributed by atoms with Crippen LogP contribution in [0.4, 0.5) is 0 Å². The van der Waals surface area contributed by atoms with Gasteiger partial charge < -0.3 is 19.8 Å². The molecule has 2 aromatic rings. The molecule has 0 aliphatic rings. The molecule has 0 saturated heterocycles. The van der Waals surface area contributed by atoms with Gasteiger partial charge in [-0.15, -0.1) is 0 Å². The number of rotatable bonds is 5. The van der Waals surface area contributed by atoms with Gasteiger partial charge in [0.15, 0.2) is 0 Å². The summed E-state index contributed by atoms with van der Waals surface area (Å²) in [4.78, 5) is 4.30. The molecule has 2 N–H and O–H groups in total. The summed E-state index contributed by atoms with van der Waals surface area (Å²) in [5.41, 5.74) is 7.40. The van der Waals surface area contributed by atoms with E-state index in [2.05, 4.69) is 4.98 Å². The van der Waals surface area contributed by atoms with E-state index in [0.29, 0.717) is 6.54 Å². The van der Waals surface area contributed by atoms with E-state index in [-0.39, 0.29) is 0 Å². The van der Waals surface area contributed by atoms with E-state index in [1.54, 1.807) is 20.5 Å². The van der Waals surface area contributed by atoms with Gasteiger partial charge >= 0.3 is 0 Å². The highest BCUT2D eigenvalue weighted by Crippen LogP contribution is 2.27. The highest BCUT2D eigenvalue weighted by molar-refractivity contribution is 5.51. The summed E-state index contributed by atoms with van der Waals surface area (Å²) in [5, 5.41) is 0. The molecule has 1 heterocycles. The quantitative estimate of drug-likeness (QED) is 0.867. The van der Waals surface area contributed by atoms with Crippen molar-refractivity contribution in [2.45, 2.75) is 6.42 Å². The smallest absolute Gasteiger partial charge is 0.146 e. The van der Waals surface area contributed by atoms with Crippen LogP contribution >= 0.6 is 0 Å². The van der Waals surface area contributed by atoms with Gasteiger partial charge in [0.2, 0.25) is 0 Å². The Balaban J connectivity index is 2.36. The maximum absolute atomic E-state index is 5.51. The third kappa shape index (κ3) is 2.46. The second-order valence-corrected chi connectivity index (χ2v) is 3.85. The SMILES string of the molecule is COc1ccc(-n2cnc(CCN)c2)c(OC)c1. The first kappa shape index (κ1) is 12.4. The van der Waals surface area contributed by atoms with Crippen molar-refractivity contribution in [3.05, 3.63) is 36.4 Å². The van der Waals surface area contributed by atoms with Gasteiger partial charge in [0.25, 0.3) is 0 Å². The Morgan fingerprint density at radius 2 is 2.11 bits per heavy atom. The Bertz CT molecular complexity index is 523. The van der Waals surface area contributed by atoms with Gasteiger partial charge in [-0.05, 0) is 18.7 Å². The van der Waals surface area contributed by atoms with Crippen molar-refractivity contribution in [3.63, 3.8) is 0 Å². The molecular formula is C13H17N3O2. The molecule has 2 rings (SSSR count). The molecule has 5 nitrogen and oxygen atoms in total. The van der Waals surface area contributed by atoms with Gasteiger partial charge in [-0.25, -0.2) is 4.98 Å². The van der Waals surface area contributed by atoms with Crippen LogP contribution in [0.2, 0.25) is 0 Å². The zero-order valence-electron chi connectivity index (χ0n) is 10.6. The van der Waals surface area contributed by atoms with Crippen LogP contribution < -0.4 is 15.2 Å². The summed E-state index contributed by atoms with van der Waals surface area (Å²) in [6.07, 6.45) is 4.48. The predicted molar refractivity (Wildman–Crippen MR) is 69.4 cm³/mol. The minimum Gasteiger partial charge on any atom is -0.497 e. The fourth-order valence-electron chi connectivity index (χ4n) is 1.77. The maximum atomic E-state index is 5.51. The number of hydrogen-bond donors (Lipinski definition) is 1. The number of nitrogens with two attached hydrogens (primary N) is 1. The first-order valence-corrected chi connectivity index (χ1v) is 5.74. The maximum Gasteiger partial charge on any atom is 0.146 e. The van der Waals surface area contributed by atoms with Crippen molar-refractivity contribution < 1.29 is 9.47 Å². The van der Waals surface area contributed by atoms with E-state index >= 15 is 0 Å². The molecule has 0 fully saturated rings. The molecule has 0 radical (unpaired) electrons. The van der Waals surface area contributed by atoms with E-state index < -0.39 is 0 Å². The van der Waals surface area contributed by atoms with Crippen molar-refractivity contribution in [2.75, 3.05) is 20.8 Å². The average Bonchev–Trinajstić information content (AvgIpc) is 2.87. The number of ether oxygens (including phenoxy) is 2. The molecule has 0 saturated carbocycles. The third-order valence-corrected chi connectivity index (χ3v) is 2.70. The second-order valence-electron chi connectivity index (χ2n) is 3.85. The fourth-order valence-corrected chi connectivity index (χ4v) is 1.77. The van der Waals surface area contributed by atoms with Gasteiger partial charge in [-0.3, -0.25) is 0 Å². The number of imidazole rings is 1. The van der Waals surface area contributed by atoms with Crippen LogP contribution in [0.25, 0.3) is 5.69 Å². The number of methoxy groups -OCH3 is 2. The fraction of sp³-hybridized carbons (Fsp3) is 0.308. The van der Waals surface area contributed by atoms with Crippen LogP contribution in [0, 0.1) is 0 Å². The van der Waals surface area contributed by atoms with Crippen molar-refractivity contribution in [3.8, 4) is 17.2 Å². The van der Waals surface area contributed by atoms with Gasteiger partial charge in [0, 0.05) is 18.7 Å². The topological polar surface area (TPSA) is 62.3 Å². The molecule has 96 valence electrons. The Hall–Kier alpha value is -2.01. The lowest BCUT2D eigenvalue weighted by Gasteiger charge is -2.10. The summed E-state index contributed by atoms with van der Waals surface area (Å²) >= 11 is 0. The van der Waals surface area contributed by atoms with Gasteiger partial charge in [-0.2, -0.15) is 0 Å². The number of benzene rings is 1. The van der Waals surface area contributed by atoms with Crippen LogP contribution in [0.5, 0.6) is 11.5 Å². The van der Waals surface area contributed by atoms with Crippen LogP contribution in [-0.4, -0.2) is 30.3 Å². The molecule has 0 atom stereocenters. The molecule has 0 bridgehead atoms. The first-order chi connectivity index (χ1) is 8.78. The molecule has 5 heteroatoms. The largest absolute Gasteiger partial charge is 0.497 e. The lowest BCUT2D eigenvalue weighted by Crippen LogP contribution is -2.02. The summed E-state index contributed by atoms with van der Waals surface area (Å²) in [7, 11) is 3.26. The van der Waals surface area contributed by atoms with E-state index in [4.69, 9.17) is 15.2 Å². The monoisotopic (exact) mass is 247 g/mol. The molecule has 0 amide bonds. The molecule has 0 aliphatic heterocycles. The minimum atomic E-state index is 0.594. The van der Waals surface area contributed by atoms with E-state index in [9.17, 15) is 0 Å². The highest BCUT2D eigenvalue weighted by atomic mass is 16.5. The predicted octanol–water partition coefficient (Wildman–Crippen LogP) is 1.39. The van der Waals surface area contributed by atoms with Gasteiger partial charge in [0.05, 0.1) is 31.9 Å². The van der Waals surface area contributed by atoms with Gasteiger partial charge in [-0.1, -0.05) is 0 Å². The number of hydrogen-bond acceptors (Lipinski definition) is 4. The van der Waals surface area contributed by atoms with Crippen molar-refractivity contribution in [1.82, 2.24) is 9.55 Å². The molecule has 1 aromatic carbocycles. The zero-order valence-corrected chi connectivity index (χ0v) is 10.6. The standard InChI is InChI=1S/C13H17N3O2/c1-17-11-3-4-12(13(7-11)18-2)16-8-10(5-6-14)15-9-16/h3-4,7-9H,5-6,14H2,1-2H3. The summed E-state index contributed by atoms with van der Waals surface area (Å²) < 4.78 is 12.4. The summed E-state index contributed by atoms with van der Waals surface area (Å²) in [6.45, 7) is 0.594. The molecule has 1 aromatic heterocycles. The van der Waals surface area contributed by atoms with Crippen LogP contribution in [0.15, 0.2) is 30.7 Å². The molecule has 0 spiro atoms. The summed E-state index contributed by atoms with van der Waals surface area (Å²) in [6, 6.07) is 5.67. The van der Waals surface area contributed by atoms with Crippen LogP contribution in [-0.2, 0) is 6.42 Å². The minimum absolute atomic E-state index is 0.594. The van der Waals surface area contributed by atoms with Crippen molar-refractivity contribution in [1.29, 1.82) is 0 Å². The Morgan fingerprint density at radius 3 is 2.78 bits per heavy atom.